The fourth-order valence-electron chi connectivity index (χ4n) is 3.75. The summed E-state index contributed by atoms with van der Waals surface area (Å²) in [4.78, 5) is 73.4. The molecule has 3 N–H and O–H groups in total. The third kappa shape index (κ3) is 11.0. The summed E-state index contributed by atoms with van der Waals surface area (Å²) >= 11 is 0. The molecule has 208 valence electrons. The highest BCUT2D eigenvalue weighted by molar-refractivity contribution is 6.01. The summed E-state index contributed by atoms with van der Waals surface area (Å²) in [5, 5.41) is 21.4. The Morgan fingerprint density at radius 3 is 1.89 bits per heavy atom. The van der Waals surface area contributed by atoms with Crippen molar-refractivity contribution in [3.05, 3.63) is 29.3 Å². The van der Waals surface area contributed by atoms with E-state index in [1.807, 2.05) is 0 Å². The maximum absolute atomic E-state index is 11.9. The van der Waals surface area contributed by atoms with E-state index in [-0.39, 0.29) is 42.0 Å². The van der Waals surface area contributed by atoms with Gasteiger partial charge in [-0.05, 0) is 37.5 Å². The number of aromatic carboxylic acids is 2. The molecule has 0 aromatic heterocycles. The number of hydroxylamine groups is 2. The van der Waals surface area contributed by atoms with Crippen LogP contribution in [-0.2, 0) is 24.0 Å². The Balaban J connectivity index is 1.44. The quantitative estimate of drug-likeness (QED) is 0.187. The first-order valence-electron chi connectivity index (χ1n) is 12.7. The zero-order valence-electron chi connectivity index (χ0n) is 21.2. The minimum absolute atomic E-state index is 0.0134. The second-order valence-electron chi connectivity index (χ2n) is 8.93. The molecule has 1 aliphatic rings. The van der Waals surface area contributed by atoms with Crippen LogP contribution in [0.4, 0.5) is 0 Å². The Morgan fingerprint density at radius 2 is 1.32 bits per heavy atom. The molecule has 1 aliphatic heterocycles. The van der Waals surface area contributed by atoms with Gasteiger partial charge in [-0.1, -0.05) is 32.1 Å². The second kappa shape index (κ2) is 16.0. The van der Waals surface area contributed by atoms with Gasteiger partial charge in [0, 0.05) is 32.2 Å². The van der Waals surface area contributed by atoms with E-state index in [2.05, 4.69) is 5.32 Å². The maximum Gasteiger partial charge on any atom is 0.335 e. The first-order valence-corrected chi connectivity index (χ1v) is 12.7. The van der Waals surface area contributed by atoms with E-state index in [9.17, 15) is 28.8 Å². The predicted octanol–water partition coefficient (Wildman–Crippen LogP) is 3.09. The average Bonchev–Trinajstić information content (AvgIpc) is 3.19. The van der Waals surface area contributed by atoms with Crippen molar-refractivity contribution in [3.63, 3.8) is 0 Å². The largest absolute Gasteiger partial charge is 0.494 e. The van der Waals surface area contributed by atoms with E-state index < -0.39 is 29.7 Å². The number of carbonyl (C=O) groups excluding carboxylic acids is 4. The molecule has 1 aromatic rings. The van der Waals surface area contributed by atoms with Crippen LogP contribution in [0.2, 0.25) is 0 Å². The van der Waals surface area contributed by atoms with Gasteiger partial charge in [-0.15, -0.1) is 5.06 Å². The van der Waals surface area contributed by atoms with Crippen molar-refractivity contribution in [3.8, 4) is 5.75 Å². The molecular weight excluding hydrogens is 500 g/mol. The number of hydrogen-bond acceptors (Lipinski definition) is 8. The van der Waals surface area contributed by atoms with Gasteiger partial charge >= 0.3 is 17.9 Å². The van der Waals surface area contributed by atoms with Crippen molar-refractivity contribution in [1.29, 1.82) is 0 Å². The van der Waals surface area contributed by atoms with E-state index in [4.69, 9.17) is 19.8 Å². The Morgan fingerprint density at radius 1 is 0.763 bits per heavy atom. The lowest BCUT2D eigenvalue weighted by atomic mass is 10.1. The third-order valence-electron chi connectivity index (χ3n) is 5.80. The van der Waals surface area contributed by atoms with Crippen LogP contribution in [-0.4, -0.2) is 64.1 Å². The van der Waals surface area contributed by atoms with Gasteiger partial charge in [-0.25, -0.2) is 14.4 Å². The second-order valence-corrected chi connectivity index (χ2v) is 8.93. The summed E-state index contributed by atoms with van der Waals surface area (Å²) in [5.74, 6) is -4.05. The Hall–Kier alpha value is -3.96. The molecule has 0 aliphatic carbocycles. The fourth-order valence-corrected chi connectivity index (χ4v) is 3.75. The monoisotopic (exact) mass is 534 g/mol. The Labute approximate surface area is 220 Å². The van der Waals surface area contributed by atoms with Crippen LogP contribution in [0.25, 0.3) is 0 Å². The van der Waals surface area contributed by atoms with Gasteiger partial charge in [0.1, 0.15) is 5.75 Å². The minimum Gasteiger partial charge on any atom is -0.494 e. The lowest BCUT2D eigenvalue weighted by Crippen LogP contribution is -2.32. The SMILES string of the molecule is O=C(CCCCCCCCCOc1cc(C(=O)O)cc(C(=O)O)c1)NCCCC(=O)ON1C(=O)CCC1=O. The zero-order valence-corrected chi connectivity index (χ0v) is 21.2. The predicted molar refractivity (Wildman–Crippen MR) is 132 cm³/mol. The van der Waals surface area contributed by atoms with E-state index in [1.54, 1.807) is 0 Å². The van der Waals surface area contributed by atoms with Crippen LogP contribution in [0.3, 0.4) is 0 Å². The molecule has 0 unspecified atom stereocenters. The Bertz CT molecular complexity index is 975. The molecule has 12 heteroatoms. The third-order valence-corrected chi connectivity index (χ3v) is 5.80. The van der Waals surface area contributed by atoms with E-state index in [0.29, 0.717) is 31.1 Å². The van der Waals surface area contributed by atoms with Crippen molar-refractivity contribution < 1.29 is 48.6 Å². The number of amides is 3. The summed E-state index contributed by atoms with van der Waals surface area (Å²) in [6.45, 7) is 0.657. The maximum atomic E-state index is 11.9. The van der Waals surface area contributed by atoms with Crippen LogP contribution in [0, 0.1) is 0 Å². The normalized spacial score (nSPS) is 12.9. The molecule has 0 atom stereocenters. The summed E-state index contributed by atoms with van der Waals surface area (Å²) in [5.41, 5.74) is -0.271. The summed E-state index contributed by atoms with van der Waals surface area (Å²) < 4.78 is 5.52. The molecule has 0 saturated carbocycles. The topological polar surface area (TPSA) is 177 Å². The number of carboxylic acid groups (broad SMARTS) is 2. The number of rotatable bonds is 18. The molecular formula is C26H34N2O10. The number of nitrogens with one attached hydrogen (secondary N) is 1. The molecule has 0 spiro atoms. The van der Waals surface area contributed by atoms with Crippen LogP contribution in [0.1, 0.15) is 97.8 Å². The molecule has 38 heavy (non-hydrogen) atoms. The smallest absolute Gasteiger partial charge is 0.335 e. The van der Waals surface area contributed by atoms with Crippen LogP contribution in [0.15, 0.2) is 18.2 Å². The number of hydrogen-bond donors (Lipinski definition) is 3. The summed E-state index contributed by atoms with van der Waals surface area (Å²) in [7, 11) is 0. The molecule has 1 aromatic carbocycles. The van der Waals surface area contributed by atoms with E-state index in [0.717, 1.165) is 51.0 Å². The number of imide groups is 1. The van der Waals surface area contributed by atoms with Crippen molar-refractivity contribution >= 4 is 35.6 Å². The van der Waals surface area contributed by atoms with Crippen molar-refractivity contribution in [2.75, 3.05) is 13.2 Å². The van der Waals surface area contributed by atoms with Gasteiger partial charge < -0.3 is 25.1 Å². The lowest BCUT2D eigenvalue weighted by molar-refractivity contribution is -0.197. The highest BCUT2D eigenvalue weighted by atomic mass is 16.7. The molecule has 0 bridgehead atoms. The van der Waals surface area contributed by atoms with Gasteiger partial charge in [0.2, 0.25) is 5.91 Å². The van der Waals surface area contributed by atoms with Gasteiger partial charge in [0.25, 0.3) is 11.8 Å². The van der Waals surface area contributed by atoms with Gasteiger partial charge in [-0.2, -0.15) is 0 Å². The summed E-state index contributed by atoms with van der Waals surface area (Å²) in [6.07, 6.45) is 7.10. The van der Waals surface area contributed by atoms with Gasteiger partial charge in [0.05, 0.1) is 17.7 Å². The van der Waals surface area contributed by atoms with Crippen molar-refractivity contribution in [1.82, 2.24) is 10.4 Å². The molecule has 0 radical (unpaired) electrons. The fraction of sp³-hybridized carbons (Fsp3) is 0.538. The highest BCUT2D eigenvalue weighted by Crippen LogP contribution is 2.19. The first-order chi connectivity index (χ1) is 18.2. The molecule has 3 amide bonds. The van der Waals surface area contributed by atoms with Crippen LogP contribution in [0.5, 0.6) is 5.75 Å². The highest BCUT2D eigenvalue weighted by Gasteiger charge is 2.32. The van der Waals surface area contributed by atoms with Crippen LogP contribution < -0.4 is 10.1 Å². The number of carboxylic acids is 2. The van der Waals surface area contributed by atoms with Crippen molar-refractivity contribution in [2.45, 2.75) is 77.0 Å². The Kier molecular flexibility index (Phi) is 12.7. The minimum atomic E-state index is -1.22. The molecule has 1 heterocycles. The number of benzene rings is 1. The van der Waals surface area contributed by atoms with Gasteiger partial charge in [0.15, 0.2) is 0 Å². The standard InChI is InChI=1S/C26H34N2O10/c29-21(27-13-8-10-24(32)38-28-22(30)11-12-23(28)31)9-6-4-2-1-3-5-7-14-37-20-16-18(25(33)34)15-19(17-20)26(35)36/h15-17H,1-14H2,(H,27,29)(H,33,34)(H,35,36). The number of nitrogens with zero attached hydrogens (tertiary/aromatic N) is 1. The van der Waals surface area contributed by atoms with Gasteiger partial charge in [-0.3, -0.25) is 14.4 Å². The van der Waals surface area contributed by atoms with E-state index in [1.165, 1.54) is 12.1 Å². The summed E-state index contributed by atoms with van der Waals surface area (Å²) in [6, 6.07) is 3.70. The number of ether oxygens (including phenoxy) is 1. The first kappa shape index (κ1) is 30.3. The molecule has 2 rings (SSSR count). The molecule has 1 saturated heterocycles. The number of carbonyl (C=O) groups is 6. The number of unbranched alkanes of at least 4 members (excludes halogenated alkanes) is 6. The molecule has 12 nitrogen and oxygen atoms in total. The van der Waals surface area contributed by atoms with Crippen LogP contribution >= 0.6 is 0 Å². The van der Waals surface area contributed by atoms with E-state index >= 15 is 0 Å². The molecule has 1 fully saturated rings. The zero-order chi connectivity index (χ0) is 27.9. The van der Waals surface area contributed by atoms with Crippen molar-refractivity contribution in [2.24, 2.45) is 0 Å². The lowest BCUT2D eigenvalue weighted by Gasteiger charge is -2.12. The average molecular weight is 535 g/mol.